The van der Waals surface area contributed by atoms with E-state index in [-0.39, 0.29) is 11.3 Å². The van der Waals surface area contributed by atoms with E-state index in [1.165, 1.54) is 6.42 Å². The van der Waals surface area contributed by atoms with E-state index in [4.69, 9.17) is 11.6 Å². The smallest absolute Gasteiger partial charge is 0.219 e. The molecule has 1 fully saturated rings. The van der Waals surface area contributed by atoms with E-state index in [1.807, 2.05) is 6.92 Å². The quantitative estimate of drug-likeness (QED) is 0.676. The first-order chi connectivity index (χ1) is 5.74. The van der Waals surface area contributed by atoms with Crippen LogP contribution in [0.3, 0.4) is 0 Å². The first kappa shape index (κ1) is 9.85. The van der Waals surface area contributed by atoms with Gasteiger partial charge >= 0.3 is 0 Å². The monoisotopic (exact) mass is 189 g/mol. The molecule has 0 radical (unpaired) electrons. The fourth-order valence-electron chi connectivity index (χ4n) is 1.59. The predicted octanol–water partition coefficient (Wildman–Crippen LogP) is 1.92. The standard InChI is InChI=1S/C9H16ClNO/c1-2-9(12)11-6-7-4-3-5-8(7)10/h7-8H,2-6H2,1H3,(H,11,12). The first-order valence-corrected chi connectivity index (χ1v) is 5.08. The van der Waals surface area contributed by atoms with Crippen LogP contribution in [0.5, 0.6) is 0 Å². The van der Waals surface area contributed by atoms with E-state index < -0.39 is 0 Å². The molecule has 2 nitrogen and oxygen atoms in total. The highest BCUT2D eigenvalue weighted by molar-refractivity contribution is 6.20. The molecule has 1 rings (SSSR count). The molecule has 0 aliphatic heterocycles. The van der Waals surface area contributed by atoms with Crippen LogP contribution >= 0.6 is 11.6 Å². The van der Waals surface area contributed by atoms with Crippen molar-refractivity contribution in [1.82, 2.24) is 5.32 Å². The summed E-state index contributed by atoms with van der Waals surface area (Å²) in [4.78, 5) is 10.9. The third-order valence-electron chi connectivity index (χ3n) is 2.45. The van der Waals surface area contributed by atoms with E-state index in [0.29, 0.717) is 12.3 Å². The zero-order valence-electron chi connectivity index (χ0n) is 7.48. The lowest BCUT2D eigenvalue weighted by atomic mass is 10.1. The Hall–Kier alpha value is -0.240. The van der Waals surface area contributed by atoms with Gasteiger partial charge in [-0.25, -0.2) is 0 Å². The molecule has 2 atom stereocenters. The van der Waals surface area contributed by atoms with E-state index >= 15 is 0 Å². The Kier molecular flexibility index (Phi) is 3.86. The average molecular weight is 190 g/mol. The van der Waals surface area contributed by atoms with E-state index in [9.17, 15) is 4.79 Å². The summed E-state index contributed by atoms with van der Waals surface area (Å²) < 4.78 is 0. The molecule has 12 heavy (non-hydrogen) atoms. The highest BCUT2D eigenvalue weighted by Crippen LogP contribution is 2.29. The molecule has 0 saturated heterocycles. The van der Waals surface area contributed by atoms with E-state index in [0.717, 1.165) is 19.4 Å². The average Bonchev–Trinajstić information content (AvgIpc) is 2.47. The second-order valence-corrected chi connectivity index (χ2v) is 3.93. The lowest BCUT2D eigenvalue weighted by Crippen LogP contribution is -2.30. The van der Waals surface area contributed by atoms with Gasteiger partial charge in [-0.3, -0.25) is 4.79 Å². The lowest BCUT2D eigenvalue weighted by Gasteiger charge is -2.13. The Morgan fingerprint density at radius 2 is 2.33 bits per heavy atom. The minimum Gasteiger partial charge on any atom is -0.356 e. The second-order valence-electron chi connectivity index (χ2n) is 3.36. The molecule has 0 aromatic carbocycles. The molecule has 1 saturated carbocycles. The molecule has 1 amide bonds. The molecule has 0 aromatic heterocycles. The van der Waals surface area contributed by atoms with Crippen molar-refractivity contribution < 1.29 is 4.79 Å². The minimum atomic E-state index is 0.130. The highest BCUT2D eigenvalue weighted by Gasteiger charge is 2.24. The highest BCUT2D eigenvalue weighted by atomic mass is 35.5. The van der Waals surface area contributed by atoms with E-state index in [1.54, 1.807) is 0 Å². The number of halogens is 1. The van der Waals surface area contributed by atoms with Crippen molar-refractivity contribution in [2.24, 2.45) is 5.92 Å². The van der Waals surface area contributed by atoms with Gasteiger partial charge in [0.25, 0.3) is 0 Å². The van der Waals surface area contributed by atoms with Crippen LogP contribution in [0.25, 0.3) is 0 Å². The number of alkyl halides is 1. The summed E-state index contributed by atoms with van der Waals surface area (Å²) in [5.41, 5.74) is 0. The summed E-state index contributed by atoms with van der Waals surface area (Å²) in [7, 11) is 0. The molecular formula is C9H16ClNO. The van der Waals surface area contributed by atoms with Crippen molar-refractivity contribution in [3.63, 3.8) is 0 Å². The van der Waals surface area contributed by atoms with Gasteiger partial charge in [-0.15, -0.1) is 11.6 Å². The third-order valence-corrected chi connectivity index (χ3v) is 3.02. The van der Waals surface area contributed by atoms with Crippen molar-refractivity contribution in [2.75, 3.05) is 6.54 Å². The van der Waals surface area contributed by atoms with Crippen LogP contribution in [0.15, 0.2) is 0 Å². The van der Waals surface area contributed by atoms with Gasteiger partial charge in [0, 0.05) is 18.3 Å². The zero-order chi connectivity index (χ0) is 8.97. The number of amides is 1. The maximum atomic E-state index is 10.9. The Labute approximate surface area is 78.7 Å². The van der Waals surface area contributed by atoms with Crippen LogP contribution in [0.4, 0.5) is 0 Å². The topological polar surface area (TPSA) is 29.1 Å². The molecule has 3 heteroatoms. The van der Waals surface area contributed by atoms with Crippen molar-refractivity contribution >= 4 is 17.5 Å². The number of hydrogen-bond donors (Lipinski definition) is 1. The normalized spacial score (nSPS) is 28.8. The van der Waals surface area contributed by atoms with Gasteiger partial charge in [0.05, 0.1) is 0 Å². The molecule has 70 valence electrons. The summed E-state index contributed by atoms with van der Waals surface area (Å²) >= 11 is 6.05. The Morgan fingerprint density at radius 3 is 2.83 bits per heavy atom. The maximum absolute atomic E-state index is 10.9. The number of rotatable bonds is 3. The number of carbonyl (C=O) groups is 1. The van der Waals surface area contributed by atoms with E-state index in [2.05, 4.69) is 5.32 Å². The molecule has 1 aliphatic rings. The van der Waals surface area contributed by atoms with Crippen LogP contribution in [0, 0.1) is 5.92 Å². The molecule has 0 bridgehead atoms. The molecule has 0 heterocycles. The summed E-state index contributed by atoms with van der Waals surface area (Å²) in [6.45, 7) is 2.63. The fourth-order valence-corrected chi connectivity index (χ4v) is 1.96. The number of hydrogen-bond acceptors (Lipinski definition) is 1. The third kappa shape index (κ3) is 2.67. The molecule has 0 aromatic rings. The fraction of sp³-hybridized carbons (Fsp3) is 0.889. The van der Waals surface area contributed by atoms with Gasteiger partial charge < -0.3 is 5.32 Å². The van der Waals surface area contributed by atoms with Crippen LogP contribution in [-0.2, 0) is 4.79 Å². The summed E-state index contributed by atoms with van der Waals surface area (Å²) in [5, 5.41) is 3.16. The van der Waals surface area contributed by atoms with Crippen LogP contribution in [0.2, 0.25) is 0 Å². The molecule has 0 spiro atoms. The Balaban J connectivity index is 2.18. The molecule has 1 N–H and O–H groups in total. The second kappa shape index (κ2) is 4.70. The summed E-state index contributed by atoms with van der Waals surface area (Å²) in [6.07, 6.45) is 4.05. The molecular weight excluding hydrogens is 174 g/mol. The van der Waals surface area contributed by atoms with Crippen molar-refractivity contribution in [2.45, 2.75) is 38.0 Å². The van der Waals surface area contributed by atoms with Gasteiger partial charge in [0.1, 0.15) is 0 Å². The van der Waals surface area contributed by atoms with Gasteiger partial charge in [-0.1, -0.05) is 13.3 Å². The van der Waals surface area contributed by atoms with Crippen LogP contribution < -0.4 is 5.32 Å². The van der Waals surface area contributed by atoms with Gasteiger partial charge in [0.15, 0.2) is 0 Å². The van der Waals surface area contributed by atoms with Gasteiger partial charge in [-0.2, -0.15) is 0 Å². The number of carbonyl (C=O) groups excluding carboxylic acids is 1. The SMILES string of the molecule is CCC(=O)NCC1CCCC1Cl. The summed E-state index contributed by atoms with van der Waals surface area (Å²) in [5.74, 6) is 0.632. The zero-order valence-corrected chi connectivity index (χ0v) is 8.23. The Bertz CT molecular complexity index is 161. The molecule has 1 aliphatic carbocycles. The van der Waals surface area contributed by atoms with Crippen molar-refractivity contribution in [3.8, 4) is 0 Å². The number of nitrogens with one attached hydrogen (secondary N) is 1. The lowest BCUT2D eigenvalue weighted by molar-refractivity contribution is -0.120. The first-order valence-electron chi connectivity index (χ1n) is 4.64. The van der Waals surface area contributed by atoms with Gasteiger partial charge in [0.2, 0.25) is 5.91 Å². The Morgan fingerprint density at radius 1 is 1.58 bits per heavy atom. The van der Waals surface area contributed by atoms with Gasteiger partial charge in [-0.05, 0) is 18.8 Å². The van der Waals surface area contributed by atoms with Crippen LogP contribution in [-0.4, -0.2) is 17.8 Å². The van der Waals surface area contributed by atoms with Crippen molar-refractivity contribution in [1.29, 1.82) is 0 Å². The summed E-state index contributed by atoms with van der Waals surface area (Å²) in [6, 6.07) is 0. The maximum Gasteiger partial charge on any atom is 0.219 e. The van der Waals surface area contributed by atoms with Crippen molar-refractivity contribution in [3.05, 3.63) is 0 Å². The predicted molar refractivity (Wildman–Crippen MR) is 50.3 cm³/mol. The molecule has 2 unspecified atom stereocenters. The minimum absolute atomic E-state index is 0.130. The largest absolute Gasteiger partial charge is 0.356 e. The van der Waals surface area contributed by atoms with Crippen LogP contribution in [0.1, 0.15) is 32.6 Å².